The van der Waals surface area contributed by atoms with Gasteiger partial charge in [-0.05, 0) is 24.1 Å². The Morgan fingerprint density at radius 3 is 2.92 bits per heavy atom. The van der Waals surface area contributed by atoms with Crippen LogP contribution in [0.25, 0.3) is 0 Å². The molecular formula is C11H10O. The Morgan fingerprint density at radius 1 is 1.50 bits per heavy atom. The highest BCUT2D eigenvalue weighted by Gasteiger charge is 1.91. The minimum Gasteiger partial charge on any atom is -0.290 e. The summed E-state index contributed by atoms with van der Waals surface area (Å²) in [5, 5.41) is 0. The molecule has 0 N–H and O–H groups in total. The summed E-state index contributed by atoms with van der Waals surface area (Å²) in [7, 11) is 0. The lowest BCUT2D eigenvalue weighted by Crippen LogP contribution is -1.97. The standard InChI is InChI=1S/C11H10O/c1-3-5-10-6-4-7-11(12)9(2)8-10/h1,4,6-8H,5H2,2H3. The van der Waals surface area contributed by atoms with Crippen LogP contribution in [0.4, 0.5) is 0 Å². The van der Waals surface area contributed by atoms with Crippen LogP contribution in [-0.2, 0) is 6.42 Å². The molecule has 0 aliphatic carbocycles. The maximum Gasteiger partial charge on any atom is 0.181 e. The SMILES string of the molecule is C#CCc1cccc(=O)c(C)c1. The lowest BCUT2D eigenvalue weighted by molar-refractivity contribution is 1.31. The van der Waals surface area contributed by atoms with Crippen LogP contribution >= 0.6 is 0 Å². The summed E-state index contributed by atoms with van der Waals surface area (Å²) in [6.07, 6.45) is 5.74. The molecule has 1 aromatic rings. The second-order valence-electron chi connectivity index (χ2n) is 2.67. The highest BCUT2D eigenvalue weighted by Crippen LogP contribution is 1.98. The summed E-state index contributed by atoms with van der Waals surface area (Å²) >= 11 is 0. The van der Waals surface area contributed by atoms with Crippen molar-refractivity contribution in [3.05, 3.63) is 45.6 Å². The van der Waals surface area contributed by atoms with Crippen molar-refractivity contribution in [2.24, 2.45) is 0 Å². The van der Waals surface area contributed by atoms with Gasteiger partial charge < -0.3 is 0 Å². The van der Waals surface area contributed by atoms with E-state index >= 15 is 0 Å². The summed E-state index contributed by atoms with van der Waals surface area (Å²) < 4.78 is 0. The largest absolute Gasteiger partial charge is 0.290 e. The van der Waals surface area contributed by atoms with Crippen LogP contribution in [0.5, 0.6) is 0 Å². The Morgan fingerprint density at radius 2 is 2.25 bits per heavy atom. The van der Waals surface area contributed by atoms with Gasteiger partial charge in [-0.15, -0.1) is 12.3 Å². The Hall–Kier alpha value is -1.55. The number of rotatable bonds is 1. The third-order valence-electron chi connectivity index (χ3n) is 1.65. The lowest BCUT2D eigenvalue weighted by atomic mass is 10.2. The Kier molecular flexibility index (Phi) is 2.66. The van der Waals surface area contributed by atoms with Crippen LogP contribution in [0.15, 0.2) is 29.1 Å². The van der Waals surface area contributed by atoms with Gasteiger partial charge in [0.25, 0.3) is 0 Å². The molecule has 0 radical (unpaired) electrons. The van der Waals surface area contributed by atoms with E-state index in [2.05, 4.69) is 5.92 Å². The minimum atomic E-state index is 0.0540. The van der Waals surface area contributed by atoms with E-state index < -0.39 is 0 Å². The summed E-state index contributed by atoms with van der Waals surface area (Å²) in [6, 6.07) is 6.99. The van der Waals surface area contributed by atoms with E-state index in [9.17, 15) is 4.79 Å². The van der Waals surface area contributed by atoms with Gasteiger partial charge in [0.1, 0.15) is 0 Å². The first kappa shape index (κ1) is 8.55. The average Bonchev–Trinajstić information content (AvgIpc) is 2.16. The Labute approximate surface area is 72.1 Å². The van der Waals surface area contributed by atoms with Crippen molar-refractivity contribution < 1.29 is 0 Å². The molecule has 60 valence electrons. The van der Waals surface area contributed by atoms with Crippen molar-refractivity contribution in [1.82, 2.24) is 0 Å². The zero-order chi connectivity index (χ0) is 8.97. The molecule has 0 unspecified atom stereocenters. The van der Waals surface area contributed by atoms with Gasteiger partial charge in [-0.25, -0.2) is 0 Å². The molecule has 1 aromatic carbocycles. The molecule has 0 aliphatic rings. The molecular weight excluding hydrogens is 148 g/mol. The molecule has 1 heteroatoms. The average molecular weight is 158 g/mol. The summed E-state index contributed by atoms with van der Waals surface area (Å²) in [6.45, 7) is 1.79. The van der Waals surface area contributed by atoms with E-state index in [0.717, 1.165) is 11.1 Å². The first-order valence-corrected chi connectivity index (χ1v) is 3.77. The van der Waals surface area contributed by atoms with E-state index in [1.165, 1.54) is 0 Å². The maximum absolute atomic E-state index is 11.1. The maximum atomic E-state index is 11.1. The van der Waals surface area contributed by atoms with Crippen LogP contribution in [0.1, 0.15) is 11.1 Å². The smallest absolute Gasteiger partial charge is 0.181 e. The summed E-state index contributed by atoms with van der Waals surface area (Å²) in [5.41, 5.74) is 1.81. The van der Waals surface area contributed by atoms with E-state index in [0.29, 0.717) is 6.42 Å². The number of hydrogen-bond acceptors (Lipinski definition) is 1. The van der Waals surface area contributed by atoms with Crippen LogP contribution in [0, 0.1) is 19.3 Å². The zero-order valence-electron chi connectivity index (χ0n) is 7.00. The monoisotopic (exact) mass is 158 g/mol. The zero-order valence-corrected chi connectivity index (χ0v) is 7.00. The summed E-state index contributed by atoms with van der Waals surface area (Å²) in [4.78, 5) is 11.1. The van der Waals surface area contributed by atoms with Crippen LogP contribution < -0.4 is 5.43 Å². The first-order valence-electron chi connectivity index (χ1n) is 3.77. The van der Waals surface area contributed by atoms with E-state index in [1.807, 2.05) is 12.1 Å². The van der Waals surface area contributed by atoms with Crippen molar-refractivity contribution in [3.63, 3.8) is 0 Å². The molecule has 0 aliphatic heterocycles. The van der Waals surface area contributed by atoms with Gasteiger partial charge in [-0.1, -0.05) is 18.2 Å². The van der Waals surface area contributed by atoms with Gasteiger partial charge in [-0.2, -0.15) is 0 Å². The molecule has 0 bridgehead atoms. The molecule has 0 amide bonds. The third kappa shape index (κ3) is 1.96. The normalized spacial score (nSPS) is 9.00. The number of aryl methyl sites for hydroxylation is 1. The lowest BCUT2D eigenvalue weighted by Gasteiger charge is -1.87. The van der Waals surface area contributed by atoms with Crippen molar-refractivity contribution >= 4 is 0 Å². The molecule has 0 heterocycles. The van der Waals surface area contributed by atoms with E-state index in [-0.39, 0.29) is 5.43 Å². The molecule has 0 saturated heterocycles. The topological polar surface area (TPSA) is 17.1 Å². The number of hydrogen-bond donors (Lipinski definition) is 0. The first-order chi connectivity index (χ1) is 5.74. The van der Waals surface area contributed by atoms with Gasteiger partial charge >= 0.3 is 0 Å². The summed E-state index contributed by atoms with van der Waals surface area (Å²) in [5.74, 6) is 2.54. The fraction of sp³-hybridized carbons (Fsp3) is 0.182. The van der Waals surface area contributed by atoms with Gasteiger partial charge in [0.05, 0.1) is 0 Å². The Balaban J connectivity index is 3.24. The van der Waals surface area contributed by atoms with E-state index in [1.54, 1.807) is 19.1 Å². The highest BCUT2D eigenvalue weighted by atomic mass is 16.1. The second kappa shape index (κ2) is 3.73. The Bertz CT molecular complexity index is 372. The van der Waals surface area contributed by atoms with Gasteiger partial charge in [0, 0.05) is 6.42 Å². The van der Waals surface area contributed by atoms with Gasteiger partial charge in [-0.3, -0.25) is 4.79 Å². The second-order valence-corrected chi connectivity index (χ2v) is 2.67. The van der Waals surface area contributed by atoms with Crippen molar-refractivity contribution in [2.45, 2.75) is 13.3 Å². The molecule has 0 atom stereocenters. The molecule has 1 nitrogen and oxygen atoms in total. The highest BCUT2D eigenvalue weighted by molar-refractivity contribution is 5.23. The molecule has 0 saturated carbocycles. The van der Waals surface area contributed by atoms with Gasteiger partial charge in [0.15, 0.2) is 5.43 Å². The third-order valence-corrected chi connectivity index (χ3v) is 1.65. The molecule has 12 heavy (non-hydrogen) atoms. The molecule has 0 spiro atoms. The fourth-order valence-corrected chi connectivity index (χ4v) is 1.02. The van der Waals surface area contributed by atoms with E-state index in [4.69, 9.17) is 6.42 Å². The van der Waals surface area contributed by atoms with Crippen LogP contribution in [0.2, 0.25) is 0 Å². The van der Waals surface area contributed by atoms with Crippen molar-refractivity contribution in [1.29, 1.82) is 0 Å². The van der Waals surface area contributed by atoms with Crippen molar-refractivity contribution in [2.75, 3.05) is 0 Å². The minimum absolute atomic E-state index is 0.0540. The number of terminal acetylenes is 1. The van der Waals surface area contributed by atoms with Crippen LogP contribution in [-0.4, -0.2) is 0 Å². The predicted octanol–water partition coefficient (Wildman–Crippen LogP) is 1.53. The van der Waals surface area contributed by atoms with Crippen molar-refractivity contribution in [3.8, 4) is 12.3 Å². The van der Waals surface area contributed by atoms with Gasteiger partial charge in [0.2, 0.25) is 0 Å². The molecule has 0 fully saturated rings. The van der Waals surface area contributed by atoms with Crippen LogP contribution in [0.3, 0.4) is 0 Å². The molecule has 0 aromatic heterocycles. The molecule has 1 rings (SSSR count). The predicted molar refractivity (Wildman–Crippen MR) is 50.0 cm³/mol. The quantitative estimate of drug-likeness (QED) is 0.566. The fourth-order valence-electron chi connectivity index (χ4n) is 1.02.